The van der Waals surface area contributed by atoms with E-state index in [1.807, 2.05) is 0 Å². The highest BCUT2D eigenvalue weighted by Crippen LogP contribution is 2.24. The molecule has 0 saturated heterocycles. The second-order valence-electron chi connectivity index (χ2n) is 3.94. The minimum atomic E-state index is -0.918. The standard InChI is InChI=1S/C12H12N2O3S2/c1-6-7(2)13-12(14-10(6)15)18-5-8-3-4-9(19-8)11(16)17/h3-4H,5H2,1-2H3,(H,16,17)(H,13,14,15). The van der Waals surface area contributed by atoms with Crippen LogP contribution in [0.15, 0.2) is 22.1 Å². The zero-order valence-electron chi connectivity index (χ0n) is 10.4. The molecular weight excluding hydrogens is 284 g/mol. The van der Waals surface area contributed by atoms with Crippen molar-refractivity contribution in [3.63, 3.8) is 0 Å². The lowest BCUT2D eigenvalue weighted by molar-refractivity contribution is 0.0702. The summed E-state index contributed by atoms with van der Waals surface area (Å²) >= 11 is 2.62. The van der Waals surface area contributed by atoms with Gasteiger partial charge in [-0.05, 0) is 26.0 Å². The number of H-pyrrole nitrogens is 1. The summed E-state index contributed by atoms with van der Waals surface area (Å²) in [4.78, 5) is 30.6. The molecule has 0 atom stereocenters. The van der Waals surface area contributed by atoms with E-state index >= 15 is 0 Å². The van der Waals surface area contributed by atoms with Crippen molar-refractivity contribution in [1.29, 1.82) is 0 Å². The Labute approximate surface area is 117 Å². The molecule has 19 heavy (non-hydrogen) atoms. The van der Waals surface area contributed by atoms with Gasteiger partial charge in [0.25, 0.3) is 5.56 Å². The molecule has 0 aromatic carbocycles. The third-order valence-corrected chi connectivity index (χ3v) is 4.77. The van der Waals surface area contributed by atoms with Crippen LogP contribution in [0.4, 0.5) is 0 Å². The Balaban J connectivity index is 2.10. The van der Waals surface area contributed by atoms with Crippen molar-refractivity contribution < 1.29 is 9.90 Å². The molecule has 0 fully saturated rings. The number of thiophene rings is 1. The Kier molecular flexibility index (Phi) is 4.06. The van der Waals surface area contributed by atoms with E-state index in [0.717, 1.165) is 4.88 Å². The lowest BCUT2D eigenvalue weighted by atomic mass is 10.3. The molecule has 0 aliphatic heterocycles. The second kappa shape index (κ2) is 5.58. The van der Waals surface area contributed by atoms with Crippen molar-refractivity contribution in [2.75, 3.05) is 0 Å². The number of carboxylic acid groups (broad SMARTS) is 1. The molecule has 2 heterocycles. The first-order valence-corrected chi connectivity index (χ1v) is 7.30. The molecule has 0 radical (unpaired) electrons. The lowest BCUT2D eigenvalue weighted by Gasteiger charge is -2.02. The van der Waals surface area contributed by atoms with E-state index in [0.29, 0.717) is 27.0 Å². The van der Waals surface area contributed by atoms with Gasteiger partial charge in [0.15, 0.2) is 5.16 Å². The molecule has 0 unspecified atom stereocenters. The highest BCUT2D eigenvalue weighted by molar-refractivity contribution is 7.98. The average Bonchev–Trinajstić information content (AvgIpc) is 2.82. The van der Waals surface area contributed by atoms with Crippen LogP contribution in [-0.4, -0.2) is 21.0 Å². The molecule has 0 bridgehead atoms. The summed E-state index contributed by atoms with van der Waals surface area (Å²) in [6.45, 7) is 3.52. The van der Waals surface area contributed by atoms with Gasteiger partial charge in [-0.15, -0.1) is 11.3 Å². The van der Waals surface area contributed by atoms with Crippen LogP contribution in [0, 0.1) is 13.8 Å². The van der Waals surface area contributed by atoms with Crippen molar-refractivity contribution in [3.8, 4) is 0 Å². The first-order chi connectivity index (χ1) is 8.97. The maximum absolute atomic E-state index is 11.6. The fraction of sp³-hybridized carbons (Fsp3) is 0.250. The van der Waals surface area contributed by atoms with E-state index < -0.39 is 5.97 Å². The maximum atomic E-state index is 11.6. The van der Waals surface area contributed by atoms with Crippen molar-refractivity contribution in [1.82, 2.24) is 9.97 Å². The minimum Gasteiger partial charge on any atom is -0.477 e. The fourth-order valence-corrected chi connectivity index (χ4v) is 3.19. The Bertz CT molecular complexity index is 676. The molecule has 2 aromatic heterocycles. The normalized spacial score (nSPS) is 10.6. The van der Waals surface area contributed by atoms with Crippen molar-refractivity contribution in [2.24, 2.45) is 0 Å². The van der Waals surface area contributed by atoms with Gasteiger partial charge in [-0.25, -0.2) is 9.78 Å². The van der Waals surface area contributed by atoms with Crippen molar-refractivity contribution in [3.05, 3.63) is 43.5 Å². The summed E-state index contributed by atoms with van der Waals surface area (Å²) in [5, 5.41) is 9.38. The highest BCUT2D eigenvalue weighted by Gasteiger charge is 2.09. The Morgan fingerprint density at radius 2 is 2.21 bits per heavy atom. The lowest BCUT2D eigenvalue weighted by Crippen LogP contribution is -2.13. The molecule has 100 valence electrons. The third-order valence-electron chi connectivity index (χ3n) is 2.60. The van der Waals surface area contributed by atoms with E-state index in [1.54, 1.807) is 26.0 Å². The molecule has 0 aliphatic carbocycles. The summed E-state index contributed by atoms with van der Waals surface area (Å²) < 4.78 is 0. The Morgan fingerprint density at radius 3 is 2.79 bits per heavy atom. The first-order valence-electron chi connectivity index (χ1n) is 5.49. The zero-order chi connectivity index (χ0) is 14.0. The van der Waals surface area contributed by atoms with Gasteiger partial charge in [0.1, 0.15) is 4.88 Å². The van der Waals surface area contributed by atoms with E-state index in [9.17, 15) is 9.59 Å². The fourth-order valence-electron chi connectivity index (χ4n) is 1.40. The van der Waals surface area contributed by atoms with Gasteiger partial charge in [0.05, 0.1) is 0 Å². The van der Waals surface area contributed by atoms with Gasteiger partial charge in [-0.3, -0.25) is 4.79 Å². The summed E-state index contributed by atoms with van der Waals surface area (Å²) in [6, 6.07) is 3.36. The molecule has 0 saturated carbocycles. The SMILES string of the molecule is Cc1nc(SCc2ccc(C(=O)O)s2)[nH]c(=O)c1C. The predicted molar refractivity (Wildman–Crippen MR) is 75.2 cm³/mol. The van der Waals surface area contributed by atoms with Gasteiger partial charge in [0.2, 0.25) is 0 Å². The first kappa shape index (κ1) is 13.8. The number of carbonyl (C=O) groups is 1. The highest BCUT2D eigenvalue weighted by atomic mass is 32.2. The third kappa shape index (κ3) is 3.24. The Hall–Kier alpha value is -1.60. The van der Waals surface area contributed by atoms with Crippen LogP contribution in [-0.2, 0) is 5.75 Å². The molecule has 0 aliphatic rings. The smallest absolute Gasteiger partial charge is 0.345 e. The average molecular weight is 296 g/mol. The number of nitrogens with one attached hydrogen (secondary N) is 1. The van der Waals surface area contributed by atoms with E-state index in [2.05, 4.69) is 9.97 Å². The second-order valence-corrected chi connectivity index (χ2v) is 6.07. The summed E-state index contributed by atoms with van der Waals surface area (Å²) in [6.07, 6.45) is 0. The number of aryl methyl sites for hydroxylation is 1. The van der Waals surface area contributed by atoms with E-state index in [1.165, 1.54) is 23.1 Å². The molecule has 0 amide bonds. The number of hydrogen-bond donors (Lipinski definition) is 2. The minimum absolute atomic E-state index is 0.132. The van der Waals surface area contributed by atoms with Gasteiger partial charge >= 0.3 is 5.97 Å². The molecule has 2 rings (SSSR count). The number of aromatic nitrogens is 2. The van der Waals surface area contributed by atoms with Gasteiger partial charge in [-0.1, -0.05) is 11.8 Å². The van der Waals surface area contributed by atoms with Crippen LogP contribution < -0.4 is 5.56 Å². The van der Waals surface area contributed by atoms with E-state index in [-0.39, 0.29) is 5.56 Å². The summed E-state index contributed by atoms with van der Waals surface area (Å²) in [5.41, 5.74) is 1.20. The molecule has 0 spiro atoms. The zero-order valence-corrected chi connectivity index (χ0v) is 12.0. The number of nitrogens with zero attached hydrogens (tertiary/aromatic N) is 1. The van der Waals surface area contributed by atoms with Crippen LogP contribution in [0.25, 0.3) is 0 Å². The largest absolute Gasteiger partial charge is 0.477 e. The molecule has 7 heteroatoms. The monoisotopic (exact) mass is 296 g/mol. The Morgan fingerprint density at radius 1 is 1.47 bits per heavy atom. The molecule has 2 N–H and O–H groups in total. The quantitative estimate of drug-likeness (QED) is 0.669. The van der Waals surface area contributed by atoms with Crippen LogP contribution in [0.3, 0.4) is 0 Å². The number of thioether (sulfide) groups is 1. The molecule has 5 nitrogen and oxygen atoms in total. The van der Waals surface area contributed by atoms with Crippen LogP contribution in [0.1, 0.15) is 25.8 Å². The summed E-state index contributed by atoms with van der Waals surface area (Å²) in [5.74, 6) is -0.331. The van der Waals surface area contributed by atoms with Crippen LogP contribution in [0.5, 0.6) is 0 Å². The van der Waals surface area contributed by atoms with Crippen molar-refractivity contribution >= 4 is 29.1 Å². The number of aromatic amines is 1. The van der Waals surface area contributed by atoms with Gasteiger partial charge in [-0.2, -0.15) is 0 Å². The number of hydrogen-bond acceptors (Lipinski definition) is 5. The van der Waals surface area contributed by atoms with Crippen LogP contribution >= 0.6 is 23.1 Å². The number of rotatable bonds is 4. The molecule has 2 aromatic rings. The van der Waals surface area contributed by atoms with Crippen LogP contribution in [0.2, 0.25) is 0 Å². The number of carboxylic acids is 1. The predicted octanol–water partition coefficient (Wildman–Crippen LogP) is 2.44. The topological polar surface area (TPSA) is 83.0 Å². The maximum Gasteiger partial charge on any atom is 0.345 e. The van der Waals surface area contributed by atoms with Gasteiger partial charge < -0.3 is 10.1 Å². The van der Waals surface area contributed by atoms with Gasteiger partial charge in [0, 0.05) is 21.9 Å². The van der Waals surface area contributed by atoms with E-state index in [4.69, 9.17) is 5.11 Å². The van der Waals surface area contributed by atoms with Crippen molar-refractivity contribution in [2.45, 2.75) is 24.8 Å². The molecular formula is C12H12N2O3S2. The number of aromatic carboxylic acids is 1. The summed E-state index contributed by atoms with van der Waals surface area (Å²) in [7, 11) is 0.